The average Bonchev–Trinajstić information content (AvgIpc) is 2.73. The van der Waals surface area contributed by atoms with Crippen molar-refractivity contribution in [3.63, 3.8) is 0 Å². The van der Waals surface area contributed by atoms with E-state index in [0.29, 0.717) is 26.2 Å². The molecule has 0 aliphatic carbocycles. The van der Waals surface area contributed by atoms with E-state index in [-0.39, 0.29) is 23.1 Å². The van der Waals surface area contributed by atoms with E-state index >= 15 is 0 Å². The first-order valence-electron chi connectivity index (χ1n) is 11.3. The van der Waals surface area contributed by atoms with Crippen molar-refractivity contribution in [2.24, 2.45) is 0 Å². The summed E-state index contributed by atoms with van der Waals surface area (Å²) in [6, 6.07) is 20.3. The van der Waals surface area contributed by atoms with Crippen LogP contribution >= 0.6 is 0 Å². The van der Waals surface area contributed by atoms with Crippen molar-refractivity contribution in [2.75, 3.05) is 6.61 Å². The number of rotatable bonds is 8. The Bertz CT molecular complexity index is 833. The topological polar surface area (TPSA) is 38.8 Å². The van der Waals surface area contributed by atoms with Crippen molar-refractivity contribution in [3.05, 3.63) is 71.8 Å². The zero-order valence-corrected chi connectivity index (χ0v) is 20.6. The van der Waals surface area contributed by atoms with Crippen LogP contribution in [0.15, 0.2) is 60.7 Å². The lowest BCUT2D eigenvalue weighted by Crippen LogP contribution is -2.57. The van der Waals surface area contributed by atoms with Crippen LogP contribution in [0.4, 0.5) is 0 Å². The normalized spacial score (nSPS) is 20.2. The molecular formula is C26H37NO3Si. The quantitative estimate of drug-likeness (QED) is 0.489. The fourth-order valence-corrected chi connectivity index (χ4v) is 5.12. The smallest absolute Gasteiger partial charge is 0.223 e. The summed E-state index contributed by atoms with van der Waals surface area (Å²) < 4.78 is 13.0. The summed E-state index contributed by atoms with van der Waals surface area (Å²) in [6.45, 7) is 13.0. The summed E-state index contributed by atoms with van der Waals surface area (Å²) >= 11 is 0. The Morgan fingerprint density at radius 3 is 2.13 bits per heavy atom. The molecule has 4 nitrogen and oxygen atoms in total. The maximum atomic E-state index is 13.0. The van der Waals surface area contributed by atoms with Crippen LogP contribution in [0.25, 0.3) is 0 Å². The highest BCUT2D eigenvalue weighted by Gasteiger charge is 2.44. The summed E-state index contributed by atoms with van der Waals surface area (Å²) in [4.78, 5) is 15.0. The van der Waals surface area contributed by atoms with Gasteiger partial charge in [-0.3, -0.25) is 4.79 Å². The SMILES string of the molecule is CC(C)(C)[Si](C)(C)O[C@H]1CCC(=O)N(Cc2ccccc2)[C@@H]1COCc1ccccc1. The number of hydrogen-bond donors (Lipinski definition) is 0. The zero-order valence-electron chi connectivity index (χ0n) is 19.6. The minimum atomic E-state index is -1.97. The van der Waals surface area contributed by atoms with Crippen LogP contribution in [0.3, 0.4) is 0 Å². The van der Waals surface area contributed by atoms with Gasteiger partial charge in [-0.05, 0) is 35.7 Å². The summed E-state index contributed by atoms with van der Waals surface area (Å²) in [5.74, 6) is 0.187. The van der Waals surface area contributed by atoms with Gasteiger partial charge in [0.05, 0.1) is 25.4 Å². The molecule has 0 bridgehead atoms. The Balaban J connectivity index is 1.79. The molecule has 1 aliphatic heterocycles. The largest absolute Gasteiger partial charge is 0.412 e. The van der Waals surface area contributed by atoms with Crippen molar-refractivity contribution in [2.45, 2.75) is 77.0 Å². The van der Waals surface area contributed by atoms with Gasteiger partial charge in [0.25, 0.3) is 0 Å². The predicted molar refractivity (Wildman–Crippen MR) is 128 cm³/mol. The number of likely N-dealkylation sites (tertiary alicyclic amines) is 1. The number of hydrogen-bond acceptors (Lipinski definition) is 3. The third-order valence-electron chi connectivity index (χ3n) is 6.64. The second-order valence-corrected chi connectivity index (χ2v) is 14.8. The van der Waals surface area contributed by atoms with Crippen LogP contribution in [0.1, 0.15) is 44.7 Å². The molecule has 1 amide bonds. The van der Waals surface area contributed by atoms with Gasteiger partial charge in [-0.15, -0.1) is 0 Å². The highest BCUT2D eigenvalue weighted by atomic mass is 28.4. The van der Waals surface area contributed by atoms with E-state index in [0.717, 1.165) is 17.5 Å². The maximum absolute atomic E-state index is 13.0. The van der Waals surface area contributed by atoms with E-state index in [1.165, 1.54) is 0 Å². The standard InChI is InChI=1S/C26H37NO3Si/c1-26(2,3)31(4,5)30-24-16-17-25(28)27(18-21-12-8-6-9-13-21)23(24)20-29-19-22-14-10-7-11-15-22/h6-15,23-24H,16-20H2,1-5H3/t23-,24+/m1/s1. The second-order valence-electron chi connectivity index (χ2n) is 10.0. The molecule has 1 aliphatic rings. The summed E-state index contributed by atoms with van der Waals surface area (Å²) in [6.07, 6.45) is 1.29. The highest BCUT2D eigenvalue weighted by Crippen LogP contribution is 2.39. The molecule has 0 saturated carbocycles. The minimum Gasteiger partial charge on any atom is -0.412 e. The van der Waals surface area contributed by atoms with Crippen molar-refractivity contribution in [3.8, 4) is 0 Å². The van der Waals surface area contributed by atoms with E-state index in [1.807, 2.05) is 41.3 Å². The third-order valence-corrected chi connectivity index (χ3v) is 11.1. The van der Waals surface area contributed by atoms with E-state index in [9.17, 15) is 4.79 Å². The van der Waals surface area contributed by atoms with Gasteiger partial charge in [0.2, 0.25) is 5.91 Å². The van der Waals surface area contributed by atoms with Crippen molar-refractivity contribution in [1.29, 1.82) is 0 Å². The number of piperidine rings is 1. The number of ether oxygens (including phenoxy) is 1. The van der Waals surface area contributed by atoms with Crippen LogP contribution in [0, 0.1) is 0 Å². The van der Waals surface area contributed by atoms with Gasteiger partial charge in [0.1, 0.15) is 0 Å². The number of carbonyl (C=O) groups excluding carboxylic acids is 1. The Kier molecular flexibility index (Phi) is 7.73. The average molecular weight is 440 g/mol. The number of amides is 1. The van der Waals surface area contributed by atoms with Crippen molar-refractivity contribution >= 4 is 14.2 Å². The molecule has 2 atom stereocenters. The molecule has 2 aromatic carbocycles. The molecule has 0 N–H and O–H groups in total. The molecule has 3 rings (SSSR count). The first-order valence-corrected chi connectivity index (χ1v) is 14.2. The Morgan fingerprint density at radius 1 is 0.968 bits per heavy atom. The molecule has 0 unspecified atom stereocenters. The first-order chi connectivity index (χ1) is 14.7. The van der Waals surface area contributed by atoms with Gasteiger partial charge in [0.15, 0.2) is 8.32 Å². The minimum absolute atomic E-state index is 0.00178. The van der Waals surface area contributed by atoms with Gasteiger partial charge >= 0.3 is 0 Å². The molecule has 168 valence electrons. The molecule has 2 aromatic rings. The molecular weight excluding hydrogens is 402 g/mol. The fourth-order valence-electron chi connectivity index (χ4n) is 3.73. The van der Waals surface area contributed by atoms with E-state index in [1.54, 1.807) is 0 Å². The van der Waals surface area contributed by atoms with Gasteiger partial charge in [0, 0.05) is 13.0 Å². The van der Waals surface area contributed by atoms with Gasteiger partial charge in [-0.2, -0.15) is 0 Å². The summed E-state index contributed by atoms with van der Waals surface area (Å²) in [7, 11) is -1.97. The van der Waals surface area contributed by atoms with Crippen molar-refractivity contribution < 1.29 is 14.0 Å². The van der Waals surface area contributed by atoms with E-state index in [2.05, 4.69) is 58.1 Å². The molecule has 0 spiro atoms. The summed E-state index contributed by atoms with van der Waals surface area (Å²) in [5.41, 5.74) is 2.28. The van der Waals surface area contributed by atoms with Crippen LogP contribution in [-0.4, -0.2) is 37.9 Å². The van der Waals surface area contributed by atoms with Crippen LogP contribution in [0.5, 0.6) is 0 Å². The van der Waals surface area contributed by atoms with Gasteiger partial charge in [-0.25, -0.2) is 0 Å². The molecule has 1 saturated heterocycles. The Labute approximate surface area is 188 Å². The monoisotopic (exact) mass is 439 g/mol. The lowest BCUT2D eigenvalue weighted by molar-refractivity contribution is -0.145. The molecule has 5 heteroatoms. The van der Waals surface area contributed by atoms with E-state index < -0.39 is 8.32 Å². The van der Waals surface area contributed by atoms with Crippen molar-refractivity contribution in [1.82, 2.24) is 4.90 Å². The summed E-state index contributed by atoms with van der Waals surface area (Å²) in [5, 5.41) is 0.119. The Morgan fingerprint density at radius 2 is 1.55 bits per heavy atom. The molecule has 1 heterocycles. The predicted octanol–water partition coefficient (Wildman–Crippen LogP) is 5.78. The molecule has 31 heavy (non-hydrogen) atoms. The lowest BCUT2D eigenvalue weighted by atomic mass is 9.98. The second kappa shape index (κ2) is 10.1. The zero-order chi connectivity index (χ0) is 22.5. The molecule has 1 fully saturated rings. The van der Waals surface area contributed by atoms with Gasteiger partial charge < -0.3 is 14.1 Å². The maximum Gasteiger partial charge on any atom is 0.223 e. The third kappa shape index (κ3) is 6.28. The highest BCUT2D eigenvalue weighted by molar-refractivity contribution is 6.74. The van der Waals surface area contributed by atoms with Crippen LogP contribution in [0.2, 0.25) is 18.1 Å². The van der Waals surface area contributed by atoms with E-state index in [4.69, 9.17) is 9.16 Å². The molecule has 0 aromatic heterocycles. The fraction of sp³-hybridized carbons (Fsp3) is 0.500. The van der Waals surface area contributed by atoms with Gasteiger partial charge in [-0.1, -0.05) is 81.4 Å². The number of carbonyl (C=O) groups is 1. The number of benzene rings is 2. The first kappa shape index (κ1) is 23.7. The number of nitrogens with zero attached hydrogens (tertiary/aromatic N) is 1. The van der Waals surface area contributed by atoms with Crippen LogP contribution in [-0.2, 0) is 27.1 Å². The Hall–Kier alpha value is -1.95. The lowest BCUT2D eigenvalue weighted by Gasteiger charge is -2.46. The molecule has 0 radical (unpaired) electrons. The van der Waals surface area contributed by atoms with Crippen LogP contribution < -0.4 is 0 Å².